The number of ether oxygens (including phenoxy) is 1. The number of hydrogen-bond donors (Lipinski definition) is 0. The minimum atomic E-state index is -4.37. The Hall–Kier alpha value is -4.65. The summed E-state index contributed by atoms with van der Waals surface area (Å²) in [7, 11) is 0. The van der Waals surface area contributed by atoms with Gasteiger partial charge in [-0.15, -0.1) is 0 Å². The third-order valence-corrected chi connectivity index (χ3v) is 10.0. The molecule has 0 radical (unpaired) electrons. The molecule has 1 heterocycles. The Balaban J connectivity index is 1.73. The van der Waals surface area contributed by atoms with Crippen molar-refractivity contribution in [2.75, 3.05) is 6.61 Å². The average molecular weight is 682 g/mol. The van der Waals surface area contributed by atoms with Crippen molar-refractivity contribution in [2.45, 2.75) is 79.2 Å². The number of halogens is 4. The zero-order valence-corrected chi connectivity index (χ0v) is 29.3. The molecule has 6 aromatic rings. The lowest BCUT2D eigenvalue weighted by Gasteiger charge is -2.21. The van der Waals surface area contributed by atoms with Crippen LogP contribution in [-0.4, -0.2) is 29.8 Å². The topological polar surface area (TPSA) is 31.2 Å². The number of rotatable bonds is 13. The van der Waals surface area contributed by atoms with E-state index < -0.39 is 19.0 Å². The van der Waals surface area contributed by atoms with E-state index in [1.165, 1.54) is 11.6 Å². The van der Waals surface area contributed by atoms with Crippen molar-refractivity contribution in [2.24, 2.45) is 5.92 Å². The molecule has 50 heavy (non-hydrogen) atoms. The third-order valence-electron chi connectivity index (χ3n) is 10.0. The fourth-order valence-corrected chi connectivity index (χ4v) is 7.66. The van der Waals surface area contributed by atoms with Gasteiger partial charge < -0.3 is 9.30 Å². The molecular weight excluding hydrogens is 638 g/mol. The Morgan fingerprint density at radius 3 is 2.18 bits per heavy atom. The van der Waals surface area contributed by atoms with E-state index in [1.54, 1.807) is 12.1 Å². The molecule has 1 aromatic heterocycles. The van der Waals surface area contributed by atoms with E-state index in [9.17, 15) is 22.4 Å². The summed E-state index contributed by atoms with van der Waals surface area (Å²) < 4.78 is 61.7. The van der Waals surface area contributed by atoms with Gasteiger partial charge in [-0.1, -0.05) is 99.3 Å². The minimum Gasteiger partial charge on any atom is -0.486 e. The van der Waals surface area contributed by atoms with Gasteiger partial charge in [0.25, 0.3) is 0 Å². The van der Waals surface area contributed by atoms with E-state index in [-0.39, 0.29) is 11.3 Å². The molecular formula is C43H43F4NO2. The normalized spacial score (nSPS) is 12.8. The van der Waals surface area contributed by atoms with Crippen LogP contribution in [0, 0.1) is 26.7 Å². The van der Waals surface area contributed by atoms with Gasteiger partial charge in [-0.3, -0.25) is 4.79 Å². The van der Waals surface area contributed by atoms with Crippen LogP contribution in [0.3, 0.4) is 0 Å². The van der Waals surface area contributed by atoms with Crippen LogP contribution in [0.4, 0.5) is 17.6 Å². The molecule has 0 bridgehead atoms. The van der Waals surface area contributed by atoms with Crippen molar-refractivity contribution >= 4 is 38.9 Å². The first-order valence-corrected chi connectivity index (χ1v) is 17.4. The van der Waals surface area contributed by atoms with Gasteiger partial charge in [0.2, 0.25) is 0 Å². The molecule has 0 saturated heterocycles. The first-order valence-electron chi connectivity index (χ1n) is 17.4. The highest BCUT2D eigenvalue weighted by molar-refractivity contribution is 6.25. The maximum Gasteiger partial charge on any atom is 0.340 e. The molecule has 6 rings (SSSR count). The van der Waals surface area contributed by atoms with Crippen molar-refractivity contribution in [3.8, 4) is 28.0 Å². The molecule has 1 unspecified atom stereocenters. The van der Waals surface area contributed by atoms with E-state index in [0.717, 1.165) is 92.6 Å². The number of alkyl halides is 4. The van der Waals surface area contributed by atoms with Gasteiger partial charge in [0.1, 0.15) is 5.75 Å². The smallest absolute Gasteiger partial charge is 0.340 e. The Morgan fingerprint density at radius 2 is 1.50 bits per heavy atom. The lowest BCUT2D eigenvalue weighted by Crippen LogP contribution is -2.33. The highest BCUT2D eigenvalue weighted by Gasteiger charge is 2.42. The summed E-state index contributed by atoms with van der Waals surface area (Å²) in [5, 5.41) is 4.12. The Labute approximate surface area is 290 Å². The zero-order valence-electron chi connectivity index (χ0n) is 29.3. The summed E-state index contributed by atoms with van der Waals surface area (Å²) >= 11 is 0. The van der Waals surface area contributed by atoms with Crippen LogP contribution in [0.15, 0.2) is 78.9 Å². The van der Waals surface area contributed by atoms with Crippen LogP contribution in [0.25, 0.3) is 54.8 Å². The molecule has 0 amide bonds. The summed E-state index contributed by atoms with van der Waals surface area (Å²) in [5.41, 5.74) is 9.05. The first kappa shape index (κ1) is 35.2. The number of aromatic nitrogens is 1. The van der Waals surface area contributed by atoms with Gasteiger partial charge in [0.15, 0.2) is 12.9 Å². The van der Waals surface area contributed by atoms with Crippen molar-refractivity contribution in [3.63, 3.8) is 0 Å². The fraction of sp³-hybridized carbons (Fsp3) is 0.326. The van der Waals surface area contributed by atoms with Crippen LogP contribution in [-0.2, 0) is 6.54 Å². The van der Waals surface area contributed by atoms with Crippen LogP contribution < -0.4 is 4.74 Å². The number of fused-ring (bicyclic) bond motifs is 5. The first-order chi connectivity index (χ1) is 24.0. The highest BCUT2D eigenvalue weighted by Crippen LogP contribution is 2.46. The second kappa shape index (κ2) is 14.3. The summed E-state index contributed by atoms with van der Waals surface area (Å²) in [4.78, 5) is 12.8. The lowest BCUT2D eigenvalue weighted by atomic mass is 9.86. The van der Waals surface area contributed by atoms with E-state index in [2.05, 4.69) is 87.7 Å². The summed E-state index contributed by atoms with van der Waals surface area (Å²) in [6, 6.07) is 25.8. The van der Waals surface area contributed by atoms with Crippen LogP contribution >= 0.6 is 0 Å². The molecule has 7 heteroatoms. The van der Waals surface area contributed by atoms with Crippen LogP contribution in [0.2, 0.25) is 0 Å². The standard InChI is InChI=1S/C43H43F4NO2/c1-6-8-13-29(7-2)23-48-37-18-10-9-14-31(37)35-22-34(39-27(4)20-26(3)21-28(39)5)33-17-11-16-32(40(33)41(35)48)30-15-12-19-38(36(30)24-49)50-25-43(46,47)42(44)45/h9-12,14-22,24,29,42H,6-8,13,23,25H2,1-5H3. The molecule has 3 nitrogen and oxygen atoms in total. The van der Waals surface area contributed by atoms with Gasteiger partial charge in [-0.25, -0.2) is 8.78 Å². The van der Waals surface area contributed by atoms with Gasteiger partial charge in [-0.05, 0) is 90.1 Å². The van der Waals surface area contributed by atoms with Crippen molar-refractivity contribution in [1.29, 1.82) is 0 Å². The second-order valence-corrected chi connectivity index (χ2v) is 13.6. The van der Waals surface area contributed by atoms with Crippen molar-refractivity contribution < 1.29 is 27.1 Å². The monoisotopic (exact) mass is 681 g/mol. The van der Waals surface area contributed by atoms with Gasteiger partial charge in [-0.2, -0.15) is 8.78 Å². The van der Waals surface area contributed by atoms with Gasteiger partial charge in [0.05, 0.1) is 11.1 Å². The number of aldehydes is 1. The quantitative estimate of drug-likeness (QED) is 0.0897. The van der Waals surface area contributed by atoms with Crippen molar-refractivity contribution in [1.82, 2.24) is 4.57 Å². The van der Waals surface area contributed by atoms with Crippen molar-refractivity contribution in [3.05, 3.63) is 101 Å². The largest absolute Gasteiger partial charge is 0.486 e. The Bertz CT molecular complexity index is 2180. The number of para-hydroxylation sites is 1. The Morgan fingerprint density at radius 1 is 0.820 bits per heavy atom. The predicted molar refractivity (Wildman–Crippen MR) is 197 cm³/mol. The van der Waals surface area contributed by atoms with E-state index in [4.69, 9.17) is 4.74 Å². The molecule has 260 valence electrons. The molecule has 5 aromatic carbocycles. The lowest BCUT2D eigenvalue weighted by molar-refractivity contribution is -0.148. The number of aryl methyl sites for hydroxylation is 3. The second-order valence-electron chi connectivity index (χ2n) is 13.6. The molecule has 0 aliphatic heterocycles. The SMILES string of the molecule is CCCCC(CC)Cn1c2ccccc2c2cc(-c3c(C)cc(C)cc3C)c3cccc(-c4cccc(OCC(F)(F)C(F)F)c4C=O)c3c21. The van der Waals surface area contributed by atoms with Gasteiger partial charge in [0, 0.05) is 28.2 Å². The zero-order chi connectivity index (χ0) is 35.7. The molecule has 0 N–H and O–H groups in total. The summed E-state index contributed by atoms with van der Waals surface area (Å²) in [6.07, 6.45) is 1.05. The minimum absolute atomic E-state index is 0.0309. The molecule has 0 fully saturated rings. The third kappa shape index (κ3) is 6.38. The number of carbonyl (C=O) groups is 1. The molecule has 0 aliphatic rings. The fourth-order valence-electron chi connectivity index (χ4n) is 7.66. The molecule has 0 spiro atoms. The average Bonchev–Trinajstić information content (AvgIpc) is 3.41. The summed E-state index contributed by atoms with van der Waals surface area (Å²) in [5.74, 6) is -4.09. The predicted octanol–water partition coefficient (Wildman–Crippen LogP) is 12.5. The Kier molecular flexibility index (Phi) is 10.1. The molecule has 1 atom stereocenters. The van der Waals surface area contributed by atoms with Gasteiger partial charge >= 0.3 is 12.3 Å². The maximum atomic E-state index is 14.0. The number of hydrogen-bond acceptors (Lipinski definition) is 2. The molecule has 0 saturated carbocycles. The number of carbonyl (C=O) groups excluding carboxylic acids is 1. The van der Waals surface area contributed by atoms with E-state index >= 15 is 0 Å². The number of nitrogens with zero attached hydrogens (tertiary/aromatic N) is 1. The van der Waals surface area contributed by atoms with E-state index in [1.807, 2.05) is 12.1 Å². The molecule has 0 aliphatic carbocycles. The number of benzene rings is 5. The van der Waals surface area contributed by atoms with Crippen LogP contribution in [0.5, 0.6) is 5.75 Å². The van der Waals surface area contributed by atoms with Crippen LogP contribution in [0.1, 0.15) is 66.6 Å². The van der Waals surface area contributed by atoms with E-state index in [0.29, 0.717) is 17.8 Å². The summed E-state index contributed by atoms with van der Waals surface area (Å²) in [6.45, 7) is 10.0. The number of unbranched alkanes of at least 4 members (excludes halogenated alkanes) is 1. The maximum absolute atomic E-state index is 14.0. The highest BCUT2D eigenvalue weighted by atomic mass is 19.3.